The number of hydrogen-bond donors (Lipinski definition) is 1. The monoisotopic (exact) mass is 270 g/mol. The lowest BCUT2D eigenvalue weighted by molar-refractivity contribution is -0.133. The summed E-state index contributed by atoms with van der Waals surface area (Å²) >= 11 is 1.28. The molecule has 1 saturated heterocycles. The number of imidazole rings is 1. The zero-order valence-electron chi connectivity index (χ0n) is 10.5. The van der Waals surface area contributed by atoms with Gasteiger partial charge in [0.2, 0.25) is 0 Å². The van der Waals surface area contributed by atoms with Crippen LogP contribution in [0.15, 0.2) is 11.4 Å². The number of carboxylic acids is 1. The van der Waals surface area contributed by atoms with Crippen LogP contribution in [0.1, 0.15) is 31.5 Å². The largest absolute Gasteiger partial charge is 0.481 e. The van der Waals surface area contributed by atoms with Gasteiger partial charge in [-0.25, -0.2) is 4.98 Å². The van der Waals surface area contributed by atoms with Crippen LogP contribution in [-0.4, -0.2) is 39.6 Å². The van der Waals surface area contributed by atoms with E-state index < -0.39 is 5.97 Å². The fraction of sp³-hybridized carbons (Fsp3) is 0.667. The van der Waals surface area contributed by atoms with E-state index in [1.165, 1.54) is 11.8 Å². The molecule has 1 unspecified atom stereocenters. The Kier molecular flexibility index (Phi) is 4.66. The maximum absolute atomic E-state index is 10.7. The number of carboxylic acid groups (broad SMARTS) is 1. The molecule has 100 valence electrons. The van der Waals surface area contributed by atoms with E-state index >= 15 is 0 Å². The molecule has 1 aliphatic rings. The maximum atomic E-state index is 10.7. The van der Waals surface area contributed by atoms with Gasteiger partial charge in [-0.05, 0) is 19.3 Å². The highest BCUT2D eigenvalue weighted by Crippen LogP contribution is 2.28. The highest BCUT2D eigenvalue weighted by Gasteiger charge is 2.21. The summed E-state index contributed by atoms with van der Waals surface area (Å²) in [6.07, 6.45) is 4.87. The van der Waals surface area contributed by atoms with Crippen LogP contribution < -0.4 is 0 Å². The molecular weight excluding hydrogens is 252 g/mol. The Balaban J connectivity index is 2.18. The molecule has 0 radical (unpaired) electrons. The Morgan fingerprint density at radius 3 is 3.17 bits per heavy atom. The number of carbonyl (C=O) groups is 1. The zero-order valence-corrected chi connectivity index (χ0v) is 11.3. The van der Waals surface area contributed by atoms with Gasteiger partial charge in [0.05, 0.1) is 18.4 Å². The molecule has 0 bridgehead atoms. The second kappa shape index (κ2) is 6.24. The van der Waals surface area contributed by atoms with Gasteiger partial charge in [0.15, 0.2) is 5.16 Å². The van der Waals surface area contributed by atoms with Gasteiger partial charge in [-0.3, -0.25) is 4.79 Å². The normalized spacial score (nSPS) is 19.9. The van der Waals surface area contributed by atoms with Crippen LogP contribution >= 0.6 is 11.8 Å². The van der Waals surface area contributed by atoms with Gasteiger partial charge in [-0.1, -0.05) is 18.7 Å². The van der Waals surface area contributed by atoms with Crippen LogP contribution in [0.4, 0.5) is 0 Å². The first-order valence-corrected chi connectivity index (χ1v) is 7.19. The van der Waals surface area contributed by atoms with E-state index in [0.29, 0.717) is 12.6 Å². The van der Waals surface area contributed by atoms with Crippen molar-refractivity contribution in [3.63, 3.8) is 0 Å². The van der Waals surface area contributed by atoms with Gasteiger partial charge in [0.1, 0.15) is 0 Å². The Morgan fingerprint density at radius 2 is 2.56 bits per heavy atom. The lowest BCUT2D eigenvalue weighted by atomic mass is 10.1. The highest BCUT2D eigenvalue weighted by atomic mass is 32.2. The van der Waals surface area contributed by atoms with E-state index in [-0.39, 0.29) is 5.75 Å². The Morgan fingerprint density at radius 1 is 1.72 bits per heavy atom. The summed E-state index contributed by atoms with van der Waals surface area (Å²) in [6.45, 7) is 3.61. The van der Waals surface area contributed by atoms with Crippen molar-refractivity contribution in [2.45, 2.75) is 37.4 Å². The maximum Gasteiger partial charge on any atom is 0.313 e. The molecular formula is C12H18N2O3S. The van der Waals surface area contributed by atoms with Crippen LogP contribution in [-0.2, 0) is 16.0 Å². The summed E-state index contributed by atoms with van der Waals surface area (Å²) in [5, 5.41) is 9.55. The molecule has 0 amide bonds. The molecule has 0 aliphatic carbocycles. The van der Waals surface area contributed by atoms with Gasteiger partial charge >= 0.3 is 5.97 Å². The first-order chi connectivity index (χ1) is 8.72. The molecule has 1 aromatic rings. The van der Waals surface area contributed by atoms with Gasteiger partial charge in [-0.2, -0.15) is 0 Å². The van der Waals surface area contributed by atoms with Crippen molar-refractivity contribution in [3.8, 4) is 0 Å². The standard InChI is InChI=1S/C12H18N2O3S/c1-2-9-6-13-12(18-8-11(15)16)14(9)10-4-3-5-17-7-10/h6,10H,2-5,7-8H2,1H3,(H,15,16). The first-order valence-electron chi connectivity index (χ1n) is 6.20. The van der Waals surface area contributed by atoms with Gasteiger partial charge in [0.25, 0.3) is 0 Å². The quantitative estimate of drug-likeness (QED) is 0.829. The zero-order chi connectivity index (χ0) is 13.0. The molecule has 1 aliphatic heterocycles. The van der Waals surface area contributed by atoms with Crippen molar-refractivity contribution in [2.75, 3.05) is 19.0 Å². The van der Waals surface area contributed by atoms with Crippen molar-refractivity contribution in [2.24, 2.45) is 0 Å². The minimum absolute atomic E-state index is 0.0493. The number of rotatable bonds is 5. The topological polar surface area (TPSA) is 64.3 Å². The van der Waals surface area contributed by atoms with Crippen molar-refractivity contribution in [3.05, 3.63) is 11.9 Å². The predicted molar refractivity (Wildman–Crippen MR) is 69.1 cm³/mol. The lowest BCUT2D eigenvalue weighted by Gasteiger charge is -2.26. The van der Waals surface area contributed by atoms with Crippen LogP contribution in [0.25, 0.3) is 0 Å². The third-order valence-corrected chi connectivity index (χ3v) is 3.98. The second-order valence-electron chi connectivity index (χ2n) is 4.31. The van der Waals surface area contributed by atoms with Crippen molar-refractivity contribution in [1.29, 1.82) is 0 Å². The van der Waals surface area contributed by atoms with E-state index in [1.807, 2.05) is 6.20 Å². The number of thioether (sulfide) groups is 1. The van der Waals surface area contributed by atoms with Gasteiger partial charge in [-0.15, -0.1) is 0 Å². The van der Waals surface area contributed by atoms with E-state index in [9.17, 15) is 4.79 Å². The minimum atomic E-state index is -0.813. The predicted octanol–water partition coefficient (Wildman–Crippen LogP) is 1.97. The van der Waals surface area contributed by atoms with E-state index in [1.54, 1.807) is 0 Å². The Labute approximate surface area is 111 Å². The number of aromatic nitrogens is 2. The summed E-state index contributed by atoms with van der Waals surface area (Å²) in [4.78, 5) is 15.0. The number of hydrogen-bond acceptors (Lipinski definition) is 4. The van der Waals surface area contributed by atoms with Crippen LogP contribution in [0.5, 0.6) is 0 Å². The summed E-state index contributed by atoms with van der Waals surface area (Å²) in [5.41, 5.74) is 1.15. The average Bonchev–Trinajstić information content (AvgIpc) is 2.80. The third-order valence-electron chi connectivity index (χ3n) is 3.03. The number of ether oxygens (including phenoxy) is 1. The molecule has 6 heteroatoms. The molecule has 0 saturated carbocycles. The first kappa shape index (κ1) is 13.4. The van der Waals surface area contributed by atoms with Crippen molar-refractivity contribution >= 4 is 17.7 Å². The number of aliphatic carboxylic acids is 1. The van der Waals surface area contributed by atoms with Crippen LogP contribution in [0.3, 0.4) is 0 Å². The molecule has 5 nitrogen and oxygen atoms in total. The lowest BCUT2D eigenvalue weighted by Crippen LogP contribution is -2.23. The second-order valence-corrected chi connectivity index (χ2v) is 5.25. The molecule has 1 atom stereocenters. The summed E-state index contributed by atoms with van der Waals surface area (Å²) in [5.74, 6) is -0.763. The fourth-order valence-electron chi connectivity index (χ4n) is 2.19. The van der Waals surface area contributed by atoms with E-state index in [0.717, 1.165) is 36.7 Å². The van der Waals surface area contributed by atoms with E-state index in [4.69, 9.17) is 9.84 Å². The average molecular weight is 270 g/mol. The third kappa shape index (κ3) is 3.05. The molecule has 1 N–H and O–H groups in total. The summed E-state index contributed by atoms with van der Waals surface area (Å²) in [7, 11) is 0. The number of nitrogens with zero attached hydrogens (tertiary/aromatic N) is 2. The smallest absolute Gasteiger partial charge is 0.313 e. The molecule has 18 heavy (non-hydrogen) atoms. The SMILES string of the molecule is CCc1cnc(SCC(=O)O)n1C1CCCOC1. The van der Waals surface area contributed by atoms with E-state index in [2.05, 4.69) is 16.5 Å². The van der Waals surface area contributed by atoms with Crippen molar-refractivity contribution in [1.82, 2.24) is 9.55 Å². The molecule has 2 heterocycles. The molecule has 1 fully saturated rings. The van der Waals surface area contributed by atoms with Gasteiger partial charge in [0, 0.05) is 18.5 Å². The van der Waals surface area contributed by atoms with Crippen molar-refractivity contribution < 1.29 is 14.6 Å². The minimum Gasteiger partial charge on any atom is -0.481 e. The molecule has 0 aromatic carbocycles. The number of aryl methyl sites for hydroxylation is 1. The fourth-order valence-corrected chi connectivity index (χ4v) is 2.97. The Bertz CT molecular complexity index is 413. The molecule has 1 aromatic heterocycles. The highest BCUT2D eigenvalue weighted by molar-refractivity contribution is 7.99. The Hall–Kier alpha value is -1.01. The molecule has 0 spiro atoms. The van der Waals surface area contributed by atoms with Gasteiger partial charge < -0.3 is 14.4 Å². The molecule has 2 rings (SSSR count). The van der Waals surface area contributed by atoms with Crippen LogP contribution in [0.2, 0.25) is 0 Å². The van der Waals surface area contributed by atoms with Crippen LogP contribution in [0, 0.1) is 0 Å². The summed E-state index contributed by atoms with van der Waals surface area (Å²) in [6, 6.07) is 0.299. The summed E-state index contributed by atoms with van der Waals surface area (Å²) < 4.78 is 7.67.